The van der Waals surface area contributed by atoms with Gasteiger partial charge in [0, 0.05) is 16.3 Å². The maximum atomic E-state index is 11.5. The molecule has 106 valence electrons. The molecule has 6 nitrogen and oxygen atoms in total. The second kappa shape index (κ2) is 4.63. The SMILES string of the molecule is O=C(O)c1nn2c(-c3ccccc3)nnc2c2ccccc12. The first-order chi connectivity index (χ1) is 10.8. The standard InChI is InChI=1S/C16H10N4O2/c21-16(22)13-11-8-4-5-9-12(11)15-18-17-14(20(15)19-13)10-6-2-1-3-7-10/h1-9H,(H,21,22). The van der Waals surface area contributed by atoms with E-state index in [-0.39, 0.29) is 5.69 Å². The summed E-state index contributed by atoms with van der Waals surface area (Å²) in [6.07, 6.45) is 0. The maximum absolute atomic E-state index is 11.5. The van der Waals surface area contributed by atoms with Gasteiger partial charge in [-0.1, -0.05) is 54.6 Å². The molecule has 1 N–H and O–H groups in total. The molecule has 2 aromatic heterocycles. The van der Waals surface area contributed by atoms with Crippen LogP contribution in [0.25, 0.3) is 27.8 Å². The van der Waals surface area contributed by atoms with E-state index in [2.05, 4.69) is 15.3 Å². The molecular formula is C16H10N4O2. The van der Waals surface area contributed by atoms with E-state index in [1.165, 1.54) is 4.52 Å². The fraction of sp³-hybridized carbons (Fsp3) is 0. The van der Waals surface area contributed by atoms with Crippen LogP contribution in [0.1, 0.15) is 10.5 Å². The normalized spacial score (nSPS) is 11.1. The van der Waals surface area contributed by atoms with Crippen molar-refractivity contribution in [3.05, 3.63) is 60.3 Å². The minimum Gasteiger partial charge on any atom is -0.476 e. The molecular weight excluding hydrogens is 280 g/mol. The third kappa shape index (κ3) is 1.74. The smallest absolute Gasteiger partial charge is 0.357 e. The first-order valence-corrected chi connectivity index (χ1v) is 6.68. The topological polar surface area (TPSA) is 80.4 Å². The Labute approximate surface area is 124 Å². The highest BCUT2D eigenvalue weighted by molar-refractivity contribution is 6.05. The van der Waals surface area contributed by atoms with Gasteiger partial charge in [0.1, 0.15) is 0 Å². The van der Waals surface area contributed by atoms with E-state index in [1.54, 1.807) is 12.1 Å². The minimum absolute atomic E-state index is 0.0138. The summed E-state index contributed by atoms with van der Waals surface area (Å²) in [6, 6.07) is 16.6. The summed E-state index contributed by atoms with van der Waals surface area (Å²) in [6.45, 7) is 0. The maximum Gasteiger partial charge on any atom is 0.357 e. The van der Waals surface area contributed by atoms with Crippen LogP contribution in [0.5, 0.6) is 0 Å². The van der Waals surface area contributed by atoms with Gasteiger partial charge >= 0.3 is 5.97 Å². The molecule has 0 amide bonds. The van der Waals surface area contributed by atoms with Crippen molar-refractivity contribution in [1.29, 1.82) is 0 Å². The lowest BCUT2D eigenvalue weighted by Gasteiger charge is -2.05. The Bertz CT molecular complexity index is 1010. The second-order valence-electron chi connectivity index (χ2n) is 4.82. The van der Waals surface area contributed by atoms with Crippen molar-refractivity contribution in [2.45, 2.75) is 0 Å². The summed E-state index contributed by atoms with van der Waals surface area (Å²) < 4.78 is 1.49. The Morgan fingerprint density at radius 1 is 0.909 bits per heavy atom. The summed E-state index contributed by atoms with van der Waals surface area (Å²) in [4.78, 5) is 11.5. The summed E-state index contributed by atoms with van der Waals surface area (Å²) >= 11 is 0. The molecule has 0 aliphatic rings. The summed E-state index contributed by atoms with van der Waals surface area (Å²) in [5.41, 5.74) is 1.36. The van der Waals surface area contributed by atoms with E-state index < -0.39 is 5.97 Å². The number of carbonyl (C=O) groups is 1. The average Bonchev–Trinajstić information content (AvgIpc) is 2.99. The van der Waals surface area contributed by atoms with Crippen LogP contribution in [0.2, 0.25) is 0 Å². The summed E-state index contributed by atoms with van der Waals surface area (Å²) in [7, 11) is 0. The predicted molar refractivity (Wildman–Crippen MR) is 80.7 cm³/mol. The highest BCUT2D eigenvalue weighted by Crippen LogP contribution is 2.24. The van der Waals surface area contributed by atoms with Crippen LogP contribution in [-0.4, -0.2) is 30.9 Å². The molecule has 0 atom stereocenters. The number of benzene rings is 2. The van der Waals surface area contributed by atoms with Crippen molar-refractivity contribution in [2.24, 2.45) is 0 Å². The number of carboxylic acids is 1. The number of aromatic nitrogens is 4. The van der Waals surface area contributed by atoms with Crippen LogP contribution in [0.15, 0.2) is 54.6 Å². The largest absolute Gasteiger partial charge is 0.476 e. The lowest BCUT2D eigenvalue weighted by Crippen LogP contribution is -2.07. The molecule has 4 aromatic rings. The third-order valence-electron chi connectivity index (χ3n) is 3.50. The van der Waals surface area contributed by atoms with E-state index in [4.69, 9.17) is 0 Å². The monoisotopic (exact) mass is 290 g/mol. The van der Waals surface area contributed by atoms with Crippen LogP contribution < -0.4 is 0 Å². The zero-order valence-corrected chi connectivity index (χ0v) is 11.3. The molecule has 4 rings (SSSR count). The molecule has 0 saturated carbocycles. The van der Waals surface area contributed by atoms with Gasteiger partial charge in [-0.3, -0.25) is 0 Å². The van der Waals surface area contributed by atoms with Crippen LogP contribution in [0.3, 0.4) is 0 Å². The molecule has 2 aromatic carbocycles. The van der Waals surface area contributed by atoms with Crippen LogP contribution in [-0.2, 0) is 0 Å². The van der Waals surface area contributed by atoms with Crippen molar-refractivity contribution < 1.29 is 9.90 Å². The first kappa shape index (κ1) is 12.5. The number of rotatable bonds is 2. The third-order valence-corrected chi connectivity index (χ3v) is 3.50. The van der Waals surface area contributed by atoms with Crippen LogP contribution >= 0.6 is 0 Å². The van der Waals surface area contributed by atoms with E-state index in [1.807, 2.05) is 42.5 Å². The minimum atomic E-state index is -1.08. The van der Waals surface area contributed by atoms with Gasteiger partial charge in [0.2, 0.25) is 0 Å². The molecule has 0 unspecified atom stereocenters. The molecule has 0 radical (unpaired) electrons. The van der Waals surface area contributed by atoms with Gasteiger partial charge in [0.15, 0.2) is 17.2 Å². The van der Waals surface area contributed by atoms with Crippen LogP contribution in [0.4, 0.5) is 0 Å². The summed E-state index contributed by atoms with van der Waals surface area (Å²) in [5.74, 6) is -0.560. The Morgan fingerprint density at radius 2 is 1.59 bits per heavy atom. The second-order valence-corrected chi connectivity index (χ2v) is 4.82. The van der Waals surface area contributed by atoms with Gasteiger partial charge in [-0.05, 0) is 0 Å². The Hall–Kier alpha value is -3.28. The highest BCUT2D eigenvalue weighted by Gasteiger charge is 2.18. The van der Waals surface area contributed by atoms with Gasteiger partial charge < -0.3 is 5.11 Å². The van der Waals surface area contributed by atoms with Crippen molar-refractivity contribution in [3.63, 3.8) is 0 Å². The Balaban J connectivity index is 2.14. The molecule has 0 aliphatic carbocycles. The number of nitrogens with zero attached hydrogens (tertiary/aromatic N) is 4. The Kier molecular flexibility index (Phi) is 2.62. The molecule has 22 heavy (non-hydrogen) atoms. The number of carboxylic acid groups (broad SMARTS) is 1. The van der Waals surface area contributed by atoms with E-state index in [9.17, 15) is 9.90 Å². The number of hydrogen-bond donors (Lipinski definition) is 1. The van der Waals surface area contributed by atoms with Gasteiger partial charge in [-0.25, -0.2) is 4.79 Å². The lowest BCUT2D eigenvalue weighted by atomic mass is 10.1. The van der Waals surface area contributed by atoms with Crippen molar-refractivity contribution in [2.75, 3.05) is 0 Å². The molecule has 0 bridgehead atoms. The predicted octanol–water partition coefficient (Wildman–Crippen LogP) is 2.64. The molecule has 2 heterocycles. The van der Waals surface area contributed by atoms with E-state index >= 15 is 0 Å². The quantitative estimate of drug-likeness (QED) is 0.614. The van der Waals surface area contributed by atoms with Crippen molar-refractivity contribution in [1.82, 2.24) is 19.8 Å². The molecule has 0 aliphatic heterocycles. The highest BCUT2D eigenvalue weighted by atomic mass is 16.4. The Morgan fingerprint density at radius 3 is 2.32 bits per heavy atom. The first-order valence-electron chi connectivity index (χ1n) is 6.68. The zero-order chi connectivity index (χ0) is 15.1. The van der Waals surface area contributed by atoms with Crippen molar-refractivity contribution in [3.8, 4) is 11.4 Å². The molecule has 0 saturated heterocycles. The fourth-order valence-corrected chi connectivity index (χ4v) is 2.51. The summed E-state index contributed by atoms with van der Waals surface area (Å²) in [5, 5.41) is 23.3. The van der Waals surface area contributed by atoms with Crippen LogP contribution in [0, 0.1) is 0 Å². The fourth-order valence-electron chi connectivity index (χ4n) is 2.51. The van der Waals surface area contributed by atoms with E-state index in [0.717, 1.165) is 5.56 Å². The molecule has 6 heteroatoms. The van der Waals surface area contributed by atoms with Gasteiger partial charge in [0.25, 0.3) is 0 Å². The van der Waals surface area contributed by atoms with Gasteiger partial charge in [-0.15, -0.1) is 10.2 Å². The number of aromatic carboxylic acids is 1. The lowest BCUT2D eigenvalue weighted by molar-refractivity contribution is 0.0691. The van der Waals surface area contributed by atoms with Gasteiger partial charge in [-0.2, -0.15) is 9.61 Å². The number of hydrogen-bond acceptors (Lipinski definition) is 4. The molecule has 0 spiro atoms. The average molecular weight is 290 g/mol. The number of fused-ring (bicyclic) bond motifs is 3. The molecule has 0 fully saturated rings. The van der Waals surface area contributed by atoms with Gasteiger partial charge in [0.05, 0.1) is 0 Å². The van der Waals surface area contributed by atoms with Crippen molar-refractivity contribution >= 4 is 22.4 Å². The zero-order valence-electron chi connectivity index (χ0n) is 11.3. The van der Waals surface area contributed by atoms with E-state index in [0.29, 0.717) is 22.2 Å².